The van der Waals surface area contributed by atoms with Gasteiger partial charge in [0.25, 0.3) is 0 Å². The van der Waals surface area contributed by atoms with Crippen LogP contribution in [-0.2, 0) is 4.74 Å². The summed E-state index contributed by atoms with van der Waals surface area (Å²) in [5.74, 6) is 0. The predicted molar refractivity (Wildman–Crippen MR) is 76.0 cm³/mol. The summed E-state index contributed by atoms with van der Waals surface area (Å²) in [6.07, 6.45) is 1.18. The lowest BCUT2D eigenvalue weighted by molar-refractivity contribution is 0.0636. The maximum atomic E-state index is 11.7. The van der Waals surface area contributed by atoms with Crippen LogP contribution < -0.4 is 11.1 Å². The summed E-state index contributed by atoms with van der Waals surface area (Å²) in [6.45, 7) is 5.43. The third-order valence-corrected chi connectivity index (χ3v) is 2.38. The zero-order valence-electron chi connectivity index (χ0n) is 11.2. The second-order valence-corrected chi connectivity index (χ2v) is 5.27. The molecule has 1 heterocycles. The van der Waals surface area contributed by atoms with E-state index in [1.807, 2.05) is 39.0 Å². The number of pyridine rings is 1. The molecule has 0 saturated carbocycles. The Morgan fingerprint density at radius 2 is 2.11 bits per heavy atom. The van der Waals surface area contributed by atoms with Crippen LogP contribution in [0.1, 0.15) is 20.8 Å². The summed E-state index contributed by atoms with van der Waals surface area (Å²) in [6, 6.07) is 7.18. The first-order valence-electron chi connectivity index (χ1n) is 5.99. The number of aromatic nitrogens is 1. The molecule has 0 aliphatic carbocycles. The molecule has 2 aromatic rings. The molecule has 0 aliphatic heterocycles. The van der Waals surface area contributed by atoms with E-state index in [0.717, 1.165) is 10.9 Å². The van der Waals surface area contributed by atoms with Gasteiger partial charge in [0.05, 0.1) is 11.2 Å². The Morgan fingerprint density at radius 3 is 2.79 bits per heavy atom. The summed E-state index contributed by atoms with van der Waals surface area (Å²) in [4.78, 5) is 15.9. The quantitative estimate of drug-likeness (QED) is 0.771. The molecule has 1 aromatic heterocycles. The van der Waals surface area contributed by atoms with Crippen molar-refractivity contribution in [2.45, 2.75) is 26.4 Å². The van der Waals surface area contributed by atoms with Crippen molar-refractivity contribution in [3.05, 3.63) is 30.5 Å². The van der Waals surface area contributed by atoms with Crippen molar-refractivity contribution in [1.29, 1.82) is 0 Å². The number of amides is 1. The van der Waals surface area contributed by atoms with Crippen molar-refractivity contribution in [2.24, 2.45) is 0 Å². The standard InChI is InChI=1S/C14H17N3O2/c1-14(2,3)19-13(18)17-10-7-9-5-4-6-16-12(9)11(15)8-10/h4-8H,15H2,1-3H3,(H,17,18). The van der Waals surface area contributed by atoms with Crippen LogP contribution in [0.2, 0.25) is 0 Å². The molecule has 19 heavy (non-hydrogen) atoms. The van der Waals surface area contributed by atoms with Crippen LogP contribution in [0, 0.1) is 0 Å². The smallest absolute Gasteiger partial charge is 0.412 e. The molecule has 100 valence electrons. The van der Waals surface area contributed by atoms with Gasteiger partial charge in [0.2, 0.25) is 0 Å². The number of fused-ring (bicyclic) bond motifs is 1. The van der Waals surface area contributed by atoms with Crippen molar-refractivity contribution in [1.82, 2.24) is 4.98 Å². The van der Waals surface area contributed by atoms with Gasteiger partial charge in [-0.15, -0.1) is 0 Å². The number of benzene rings is 1. The molecule has 1 amide bonds. The van der Waals surface area contributed by atoms with E-state index in [1.54, 1.807) is 12.3 Å². The molecule has 5 heteroatoms. The molecule has 0 atom stereocenters. The van der Waals surface area contributed by atoms with E-state index >= 15 is 0 Å². The topological polar surface area (TPSA) is 77.2 Å². The van der Waals surface area contributed by atoms with E-state index in [-0.39, 0.29) is 0 Å². The van der Waals surface area contributed by atoms with Crippen LogP contribution in [0.25, 0.3) is 10.9 Å². The SMILES string of the molecule is CC(C)(C)OC(=O)Nc1cc(N)c2ncccc2c1. The number of nitrogens with one attached hydrogen (secondary N) is 1. The molecule has 1 aromatic carbocycles. The highest BCUT2D eigenvalue weighted by molar-refractivity contribution is 5.96. The lowest BCUT2D eigenvalue weighted by Gasteiger charge is -2.19. The van der Waals surface area contributed by atoms with E-state index < -0.39 is 11.7 Å². The van der Waals surface area contributed by atoms with Crippen molar-refractivity contribution >= 4 is 28.4 Å². The van der Waals surface area contributed by atoms with Crippen LogP contribution in [0.5, 0.6) is 0 Å². The van der Waals surface area contributed by atoms with E-state index in [2.05, 4.69) is 10.3 Å². The number of hydrogen-bond acceptors (Lipinski definition) is 4. The lowest BCUT2D eigenvalue weighted by atomic mass is 10.1. The van der Waals surface area contributed by atoms with Gasteiger partial charge in [-0.3, -0.25) is 10.3 Å². The van der Waals surface area contributed by atoms with E-state index in [9.17, 15) is 4.79 Å². The minimum Gasteiger partial charge on any atom is -0.444 e. The largest absolute Gasteiger partial charge is 0.444 e. The first-order valence-corrected chi connectivity index (χ1v) is 5.99. The Kier molecular flexibility index (Phi) is 3.29. The lowest BCUT2D eigenvalue weighted by Crippen LogP contribution is -2.27. The van der Waals surface area contributed by atoms with Gasteiger partial charge >= 0.3 is 6.09 Å². The van der Waals surface area contributed by atoms with Gasteiger partial charge in [-0.1, -0.05) is 6.07 Å². The normalized spacial score (nSPS) is 11.3. The fourth-order valence-corrected chi connectivity index (χ4v) is 1.71. The van der Waals surface area contributed by atoms with Crippen molar-refractivity contribution < 1.29 is 9.53 Å². The molecule has 0 unspecified atom stereocenters. The number of hydrogen-bond donors (Lipinski definition) is 2. The highest BCUT2D eigenvalue weighted by Gasteiger charge is 2.16. The zero-order chi connectivity index (χ0) is 14.0. The number of nitrogens with zero attached hydrogens (tertiary/aromatic N) is 1. The minimum atomic E-state index is -0.534. The molecule has 2 rings (SSSR count). The summed E-state index contributed by atoms with van der Waals surface area (Å²) in [5, 5.41) is 3.53. The second-order valence-electron chi connectivity index (χ2n) is 5.27. The van der Waals surface area contributed by atoms with E-state index in [0.29, 0.717) is 11.4 Å². The van der Waals surface area contributed by atoms with Crippen LogP contribution in [0.4, 0.5) is 16.2 Å². The van der Waals surface area contributed by atoms with Gasteiger partial charge < -0.3 is 10.5 Å². The fraction of sp³-hybridized carbons (Fsp3) is 0.286. The molecule has 0 spiro atoms. The van der Waals surface area contributed by atoms with Crippen LogP contribution in [-0.4, -0.2) is 16.7 Å². The second kappa shape index (κ2) is 4.76. The molecule has 3 N–H and O–H groups in total. The zero-order valence-corrected chi connectivity index (χ0v) is 11.2. The Labute approximate surface area is 111 Å². The fourth-order valence-electron chi connectivity index (χ4n) is 1.71. The van der Waals surface area contributed by atoms with Gasteiger partial charge in [0.15, 0.2) is 0 Å². The number of rotatable bonds is 1. The van der Waals surface area contributed by atoms with Gasteiger partial charge in [-0.25, -0.2) is 4.79 Å². The molecule has 0 fully saturated rings. The number of carbonyl (C=O) groups excluding carboxylic acids is 1. The highest BCUT2D eigenvalue weighted by atomic mass is 16.6. The van der Waals surface area contributed by atoms with E-state index in [1.165, 1.54) is 0 Å². The number of ether oxygens (including phenoxy) is 1. The van der Waals surface area contributed by atoms with Gasteiger partial charge in [0.1, 0.15) is 5.60 Å². The number of carbonyl (C=O) groups is 1. The first-order chi connectivity index (χ1) is 8.85. The first kappa shape index (κ1) is 13.1. The Bertz CT molecular complexity index is 618. The highest BCUT2D eigenvalue weighted by Crippen LogP contribution is 2.24. The predicted octanol–water partition coefficient (Wildman–Crippen LogP) is 3.16. The Hall–Kier alpha value is -2.30. The molecular formula is C14H17N3O2. The summed E-state index contributed by atoms with van der Waals surface area (Å²) >= 11 is 0. The molecular weight excluding hydrogens is 242 g/mol. The van der Waals surface area contributed by atoms with Crippen molar-refractivity contribution in [3.63, 3.8) is 0 Å². The van der Waals surface area contributed by atoms with Gasteiger partial charge in [-0.05, 0) is 39.0 Å². The third-order valence-electron chi connectivity index (χ3n) is 2.38. The van der Waals surface area contributed by atoms with E-state index in [4.69, 9.17) is 10.5 Å². The van der Waals surface area contributed by atoms with Crippen LogP contribution >= 0.6 is 0 Å². The summed E-state index contributed by atoms with van der Waals surface area (Å²) < 4.78 is 5.19. The monoisotopic (exact) mass is 259 g/mol. The Balaban J connectivity index is 2.24. The molecule has 0 aliphatic rings. The summed E-state index contributed by atoms with van der Waals surface area (Å²) in [7, 11) is 0. The van der Waals surface area contributed by atoms with Gasteiger partial charge in [-0.2, -0.15) is 0 Å². The maximum absolute atomic E-state index is 11.7. The van der Waals surface area contributed by atoms with Crippen molar-refractivity contribution in [3.8, 4) is 0 Å². The molecule has 0 bridgehead atoms. The van der Waals surface area contributed by atoms with Crippen molar-refractivity contribution in [2.75, 3.05) is 11.1 Å². The molecule has 0 saturated heterocycles. The van der Waals surface area contributed by atoms with Crippen LogP contribution in [0.3, 0.4) is 0 Å². The minimum absolute atomic E-state index is 0.504. The third kappa shape index (κ3) is 3.34. The number of anilines is 2. The average molecular weight is 259 g/mol. The average Bonchev–Trinajstić information content (AvgIpc) is 2.26. The maximum Gasteiger partial charge on any atom is 0.412 e. The molecule has 5 nitrogen and oxygen atoms in total. The Morgan fingerprint density at radius 1 is 1.37 bits per heavy atom. The van der Waals surface area contributed by atoms with Gasteiger partial charge in [0, 0.05) is 17.3 Å². The molecule has 0 radical (unpaired) electrons. The van der Waals surface area contributed by atoms with Crippen LogP contribution in [0.15, 0.2) is 30.5 Å². The number of nitrogen functional groups attached to an aromatic ring is 1. The number of nitrogens with two attached hydrogens (primary N) is 1. The summed E-state index contributed by atoms with van der Waals surface area (Å²) in [5.41, 5.74) is 7.20.